The molecule has 9 nitrogen and oxygen atoms in total. The van der Waals surface area contributed by atoms with Crippen molar-refractivity contribution in [3.8, 4) is 23.0 Å². The van der Waals surface area contributed by atoms with Gasteiger partial charge < -0.3 is 25.2 Å². The minimum atomic E-state index is -1.10. The normalized spacial score (nSPS) is 19.2. The van der Waals surface area contributed by atoms with E-state index in [9.17, 15) is 30.2 Å². The lowest BCUT2D eigenvalue weighted by Gasteiger charge is -2.31. The topological polar surface area (TPSA) is 149 Å². The van der Waals surface area contributed by atoms with Gasteiger partial charge >= 0.3 is 0 Å². The number of nitrogens with zero attached hydrogens (tertiary/aromatic N) is 2. The first-order chi connectivity index (χ1) is 11.4. The molecule has 0 unspecified atom stereocenters. The van der Waals surface area contributed by atoms with Crippen LogP contribution in [0.1, 0.15) is 17.2 Å². The van der Waals surface area contributed by atoms with Crippen molar-refractivity contribution in [2.75, 3.05) is 0 Å². The number of benzene rings is 2. The van der Waals surface area contributed by atoms with Crippen molar-refractivity contribution in [1.82, 2.24) is 0 Å². The first kappa shape index (κ1) is 15.7. The van der Waals surface area contributed by atoms with E-state index in [2.05, 4.69) is 10.4 Å². The van der Waals surface area contributed by atoms with Gasteiger partial charge in [0.2, 0.25) is 0 Å². The monoisotopic (exact) mass is 332 g/mol. The Balaban J connectivity index is 2.04. The molecule has 1 heterocycles. The van der Waals surface area contributed by atoms with Crippen LogP contribution in [0.4, 0.5) is 11.4 Å². The lowest BCUT2D eigenvalue weighted by molar-refractivity contribution is 0.0198. The van der Waals surface area contributed by atoms with Crippen LogP contribution in [0.25, 0.3) is 0 Å². The molecule has 2 aromatic rings. The number of phenols is 3. The summed E-state index contributed by atoms with van der Waals surface area (Å²) in [6.07, 6.45) is -2.09. The molecule has 0 fully saturated rings. The van der Waals surface area contributed by atoms with Gasteiger partial charge in [0, 0.05) is 29.7 Å². The number of ether oxygens (including phenoxy) is 1. The summed E-state index contributed by atoms with van der Waals surface area (Å²) in [4.78, 5) is 21.2. The molecule has 2 aromatic carbocycles. The molecule has 1 aliphatic heterocycles. The number of aliphatic hydroxyl groups is 1. The molecule has 3 rings (SSSR count). The van der Waals surface area contributed by atoms with E-state index in [0.29, 0.717) is 5.56 Å². The zero-order valence-electron chi connectivity index (χ0n) is 12.1. The highest BCUT2D eigenvalue weighted by atomic mass is 16.5. The van der Waals surface area contributed by atoms with Gasteiger partial charge in [0.25, 0.3) is 0 Å². The van der Waals surface area contributed by atoms with Crippen LogP contribution in [0.15, 0.2) is 34.6 Å². The zero-order chi connectivity index (χ0) is 17.4. The van der Waals surface area contributed by atoms with Crippen molar-refractivity contribution < 1.29 is 25.2 Å². The number of phenolic OH excluding ortho intramolecular Hbond substituents is 3. The zero-order valence-corrected chi connectivity index (χ0v) is 12.1. The van der Waals surface area contributed by atoms with Gasteiger partial charge in [0.15, 0.2) is 11.8 Å². The first-order valence-electron chi connectivity index (χ1n) is 6.87. The van der Waals surface area contributed by atoms with Gasteiger partial charge in [-0.2, -0.15) is 0 Å². The maximum Gasteiger partial charge on any atom is 0.191 e. The van der Waals surface area contributed by atoms with E-state index >= 15 is 0 Å². The van der Waals surface area contributed by atoms with E-state index < -0.39 is 29.4 Å². The molecule has 4 N–H and O–H groups in total. The Morgan fingerprint density at radius 2 is 1.62 bits per heavy atom. The van der Waals surface area contributed by atoms with Crippen LogP contribution in [-0.2, 0) is 6.42 Å². The molecule has 124 valence electrons. The van der Waals surface area contributed by atoms with Crippen molar-refractivity contribution >= 4 is 11.4 Å². The smallest absolute Gasteiger partial charge is 0.191 e. The van der Waals surface area contributed by atoms with Crippen LogP contribution in [0.3, 0.4) is 0 Å². The standard InChI is InChI=1S/C15H12N2O7/c18-9-3-7(16-22)4-13-8(9)5-12(21)15(24-13)6-1-10(19)14(17-23)11(20)2-6/h1-4,12,15,18-21H,5H2/t12-,15+/m0/s1. The largest absolute Gasteiger partial charge is 0.507 e. The third-order valence-electron chi connectivity index (χ3n) is 3.80. The Bertz CT molecular complexity index is 814. The Labute approximate surface area is 134 Å². The predicted molar refractivity (Wildman–Crippen MR) is 81.9 cm³/mol. The minimum absolute atomic E-state index is 0.0141. The van der Waals surface area contributed by atoms with E-state index in [1.165, 1.54) is 6.07 Å². The van der Waals surface area contributed by atoms with Crippen molar-refractivity contribution in [1.29, 1.82) is 0 Å². The number of nitroso groups, excluding NO2 is 2. The van der Waals surface area contributed by atoms with Crippen LogP contribution >= 0.6 is 0 Å². The maximum atomic E-state index is 10.6. The average molecular weight is 332 g/mol. The summed E-state index contributed by atoms with van der Waals surface area (Å²) in [5.41, 5.74) is -0.0626. The van der Waals surface area contributed by atoms with Crippen molar-refractivity contribution in [3.05, 3.63) is 45.2 Å². The van der Waals surface area contributed by atoms with Gasteiger partial charge in [-0.25, -0.2) is 0 Å². The number of hydrogen-bond acceptors (Lipinski definition) is 9. The highest BCUT2D eigenvalue weighted by Gasteiger charge is 2.33. The molecule has 2 atom stereocenters. The van der Waals surface area contributed by atoms with Crippen LogP contribution in [-0.4, -0.2) is 26.5 Å². The first-order valence-corrected chi connectivity index (χ1v) is 6.87. The van der Waals surface area contributed by atoms with E-state index in [-0.39, 0.29) is 29.2 Å². The van der Waals surface area contributed by atoms with Gasteiger partial charge in [-0.15, -0.1) is 9.81 Å². The molecule has 0 spiro atoms. The summed E-state index contributed by atoms with van der Waals surface area (Å²) in [7, 11) is 0. The Morgan fingerprint density at radius 1 is 0.958 bits per heavy atom. The Hall–Kier alpha value is -3.20. The van der Waals surface area contributed by atoms with Gasteiger partial charge in [-0.05, 0) is 22.5 Å². The third kappa shape index (κ3) is 2.50. The highest BCUT2D eigenvalue weighted by Crippen LogP contribution is 2.45. The molecule has 0 amide bonds. The quantitative estimate of drug-likeness (QED) is 0.631. The van der Waals surface area contributed by atoms with E-state index in [1.807, 2.05) is 0 Å². The summed E-state index contributed by atoms with van der Waals surface area (Å²) in [5, 5.41) is 44.8. The summed E-state index contributed by atoms with van der Waals surface area (Å²) in [5.74, 6) is -1.21. The number of aliphatic hydroxyl groups excluding tert-OH is 1. The molecular weight excluding hydrogens is 320 g/mol. The molecule has 0 saturated heterocycles. The summed E-state index contributed by atoms with van der Waals surface area (Å²) in [6.45, 7) is 0. The number of rotatable bonds is 3. The molecule has 9 heteroatoms. The molecule has 1 aliphatic rings. The van der Waals surface area contributed by atoms with E-state index in [0.717, 1.165) is 18.2 Å². The number of hydrogen-bond donors (Lipinski definition) is 4. The van der Waals surface area contributed by atoms with E-state index in [1.54, 1.807) is 0 Å². The second-order valence-corrected chi connectivity index (χ2v) is 5.34. The molecule has 0 aliphatic carbocycles. The van der Waals surface area contributed by atoms with Crippen LogP contribution in [0.5, 0.6) is 23.0 Å². The lowest BCUT2D eigenvalue weighted by Crippen LogP contribution is -2.30. The minimum Gasteiger partial charge on any atom is -0.507 e. The summed E-state index contributed by atoms with van der Waals surface area (Å²) in [6, 6.07) is 4.74. The molecule has 0 aromatic heterocycles. The fraction of sp³-hybridized carbons (Fsp3) is 0.200. The average Bonchev–Trinajstić information content (AvgIpc) is 2.54. The Kier molecular flexibility index (Phi) is 3.78. The van der Waals surface area contributed by atoms with Crippen LogP contribution in [0.2, 0.25) is 0 Å². The van der Waals surface area contributed by atoms with Crippen molar-refractivity contribution in [2.45, 2.75) is 18.6 Å². The van der Waals surface area contributed by atoms with Gasteiger partial charge in [0.1, 0.15) is 28.7 Å². The fourth-order valence-electron chi connectivity index (χ4n) is 2.68. The molecule has 24 heavy (non-hydrogen) atoms. The second kappa shape index (κ2) is 5.78. The molecule has 0 radical (unpaired) electrons. The highest BCUT2D eigenvalue weighted by molar-refractivity contribution is 5.63. The predicted octanol–water partition coefficient (Wildman–Crippen LogP) is 2.64. The maximum absolute atomic E-state index is 10.6. The second-order valence-electron chi connectivity index (χ2n) is 5.34. The number of fused-ring (bicyclic) bond motifs is 1. The fourth-order valence-corrected chi connectivity index (χ4v) is 2.68. The van der Waals surface area contributed by atoms with Crippen molar-refractivity contribution in [2.24, 2.45) is 10.4 Å². The number of aromatic hydroxyl groups is 3. The third-order valence-corrected chi connectivity index (χ3v) is 3.80. The van der Waals surface area contributed by atoms with Gasteiger partial charge in [-0.3, -0.25) is 0 Å². The molecule has 0 bridgehead atoms. The SMILES string of the molecule is O=Nc1cc(O)c2c(c1)O[C@H](c1cc(O)c(N=O)c(O)c1)[C@@H](O)C2. The van der Waals surface area contributed by atoms with Crippen LogP contribution in [0, 0.1) is 9.81 Å². The summed E-state index contributed by atoms with van der Waals surface area (Å²) < 4.78 is 5.60. The Morgan fingerprint density at radius 3 is 2.21 bits per heavy atom. The van der Waals surface area contributed by atoms with Gasteiger partial charge in [-0.1, -0.05) is 0 Å². The van der Waals surface area contributed by atoms with Gasteiger partial charge in [0.05, 0.1) is 6.10 Å². The van der Waals surface area contributed by atoms with Crippen LogP contribution < -0.4 is 4.74 Å². The lowest BCUT2D eigenvalue weighted by atomic mass is 9.93. The van der Waals surface area contributed by atoms with E-state index in [4.69, 9.17) is 4.74 Å². The molecule has 0 saturated carbocycles. The van der Waals surface area contributed by atoms with Crippen molar-refractivity contribution in [3.63, 3.8) is 0 Å². The summed E-state index contributed by atoms with van der Waals surface area (Å²) >= 11 is 0. The molecular formula is C15H12N2O7.